The minimum Gasteiger partial charge on any atom is -0.494 e. The predicted molar refractivity (Wildman–Crippen MR) is 103 cm³/mol. The monoisotopic (exact) mass is 350 g/mol. The lowest BCUT2D eigenvalue weighted by molar-refractivity contribution is -0.114. The van der Waals surface area contributed by atoms with Gasteiger partial charge in [0.2, 0.25) is 5.91 Å². The largest absolute Gasteiger partial charge is 0.494 e. The lowest BCUT2D eigenvalue weighted by Crippen LogP contribution is -2.07. The normalized spacial score (nSPS) is 10.4. The zero-order valence-electron chi connectivity index (χ0n) is 15.1. The van der Waals surface area contributed by atoms with Gasteiger partial charge in [-0.2, -0.15) is 5.10 Å². The number of nitrogens with one attached hydrogen (secondary N) is 3. The molecule has 0 aliphatic rings. The average Bonchev–Trinajstić information content (AvgIpc) is 3.09. The molecule has 1 aromatic heterocycles. The molecule has 2 aromatic carbocycles. The first-order valence-electron chi connectivity index (χ1n) is 8.35. The maximum atomic E-state index is 11.2. The Morgan fingerprint density at radius 1 is 1.19 bits per heavy atom. The van der Waals surface area contributed by atoms with E-state index in [1.54, 1.807) is 7.11 Å². The van der Waals surface area contributed by atoms with Gasteiger partial charge in [0.25, 0.3) is 0 Å². The van der Waals surface area contributed by atoms with Crippen molar-refractivity contribution < 1.29 is 9.53 Å². The maximum Gasteiger partial charge on any atom is 0.221 e. The summed E-state index contributed by atoms with van der Waals surface area (Å²) in [6, 6.07) is 13.9. The van der Waals surface area contributed by atoms with Crippen LogP contribution in [0.15, 0.2) is 48.7 Å². The number of amides is 1. The van der Waals surface area contributed by atoms with Gasteiger partial charge < -0.3 is 15.4 Å². The molecule has 0 aliphatic carbocycles. The van der Waals surface area contributed by atoms with Crippen molar-refractivity contribution in [3.63, 3.8) is 0 Å². The molecule has 0 radical (unpaired) electrons. The van der Waals surface area contributed by atoms with Gasteiger partial charge in [-0.25, -0.2) is 0 Å². The number of carbonyl (C=O) groups excluding carboxylic acids is 1. The third-order valence-corrected chi connectivity index (χ3v) is 4.05. The summed E-state index contributed by atoms with van der Waals surface area (Å²) in [5, 5.41) is 13.4. The lowest BCUT2D eigenvalue weighted by atomic mass is 10.1. The van der Waals surface area contributed by atoms with Crippen LogP contribution in [0.5, 0.6) is 5.75 Å². The zero-order valence-corrected chi connectivity index (χ0v) is 15.1. The van der Waals surface area contributed by atoms with Crippen molar-refractivity contribution >= 4 is 17.3 Å². The summed E-state index contributed by atoms with van der Waals surface area (Å²) in [5.74, 6) is 0.473. The van der Waals surface area contributed by atoms with Crippen LogP contribution in [0.4, 0.5) is 11.4 Å². The fourth-order valence-electron chi connectivity index (χ4n) is 2.71. The first-order chi connectivity index (χ1) is 12.6. The molecule has 3 aromatic rings. The quantitative estimate of drug-likeness (QED) is 0.629. The number of rotatable bonds is 6. The Kier molecular flexibility index (Phi) is 5.22. The number of hydrogen-bond acceptors (Lipinski definition) is 4. The second kappa shape index (κ2) is 7.74. The fraction of sp³-hybridized carbons (Fsp3) is 0.200. The minimum atomic E-state index is -0.134. The molecule has 3 N–H and O–H groups in total. The summed E-state index contributed by atoms with van der Waals surface area (Å²) < 4.78 is 5.35. The molecule has 26 heavy (non-hydrogen) atoms. The summed E-state index contributed by atoms with van der Waals surface area (Å²) in [4.78, 5) is 11.2. The molecular formula is C20H22N4O2. The molecule has 0 spiro atoms. The Balaban J connectivity index is 1.75. The number of hydrogen-bond donors (Lipinski definition) is 3. The summed E-state index contributed by atoms with van der Waals surface area (Å²) in [6.45, 7) is 4.15. The maximum absolute atomic E-state index is 11.2. The number of aromatic amines is 1. The Labute approximate surface area is 152 Å². The Bertz CT molecular complexity index is 900. The number of anilines is 2. The van der Waals surface area contributed by atoms with Crippen LogP contribution >= 0.6 is 0 Å². The zero-order chi connectivity index (χ0) is 18.5. The van der Waals surface area contributed by atoms with Crippen LogP contribution in [0.25, 0.3) is 11.3 Å². The number of aryl methyl sites for hydroxylation is 1. The van der Waals surface area contributed by atoms with E-state index >= 15 is 0 Å². The van der Waals surface area contributed by atoms with Gasteiger partial charge in [-0.05, 0) is 24.6 Å². The number of H-pyrrole nitrogens is 1. The van der Waals surface area contributed by atoms with Gasteiger partial charge in [-0.1, -0.05) is 29.8 Å². The van der Waals surface area contributed by atoms with Gasteiger partial charge in [0.1, 0.15) is 5.75 Å². The van der Waals surface area contributed by atoms with Crippen molar-refractivity contribution in [3.8, 4) is 17.0 Å². The highest BCUT2D eigenvalue weighted by Gasteiger charge is 2.09. The van der Waals surface area contributed by atoms with E-state index < -0.39 is 0 Å². The minimum absolute atomic E-state index is 0.134. The summed E-state index contributed by atoms with van der Waals surface area (Å²) in [5.41, 5.74) is 5.93. The van der Waals surface area contributed by atoms with Crippen molar-refractivity contribution in [3.05, 3.63) is 59.8 Å². The number of methoxy groups -OCH3 is 1. The highest BCUT2D eigenvalue weighted by atomic mass is 16.5. The van der Waals surface area contributed by atoms with Gasteiger partial charge in [0, 0.05) is 30.8 Å². The Morgan fingerprint density at radius 3 is 2.65 bits per heavy atom. The molecule has 3 rings (SSSR count). The number of ether oxygens (including phenoxy) is 1. The Hall–Kier alpha value is -3.28. The van der Waals surface area contributed by atoms with E-state index in [0.29, 0.717) is 18.0 Å². The van der Waals surface area contributed by atoms with Crippen molar-refractivity contribution in [2.24, 2.45) is 0 Å². The van der Waals surface area contributed by atoms with E-state index in [9.17, 15) is 4.79 Å². The first kappa shape index (κ1) is 17.5. The lowest BCUT2D eigenvalue weighted by Gasteiger charge is -2.12. The first-order valence-corrected chi connectivity index (χ1v) is 8.35. The molecule has 0 bridgehead atoms. The van der Waals surface area contributed by atoms with E-state index in [2.05, 4.69) is 52.0 Å². The third-order valence-electron chi connectivity index (χ3n) is 4.05. The highest BCUT2D eigenvalue weighted by Crippen LogP contribution is 2.29. The molecule has 1 amide bonds. The number of benzene rings is 2. The molecule has 0 atom stereocenters. The van der Waals surface area contributed by atoms with Crippen LogP contribution in [0, 0.1) is 6.92 Å². The molecule has 1 heterocycles. The molecule has 0 saturated heterocycles. The molecule has 6 heteroatoms. The van der Waals surface area contributed by atoms with Crippen molar-refractivity contribution in [2.45, 2.75) is 20.4 Å². The molecule has 0 aliphatic heterocycles. The molecular weight excluding hydrogens is 328 g/mol. The standard InChI is InChI=1S/C20H22N4O2/c1-13-4-6-15(7-5-13)20-16(12-22-24-20)11-21-17-8-9-18(23-14(2)25)19(10-17)26-3/h4-10,12,21H,11H2,1-3H3,(H,22,24)(H,23,25). The number of nitrogens with zero attached hydrogens (tertiary/aromatic N) is 1. The number of carbonyl (C=O) groups is 1. The second-order valence-electron chi connectivity index (χ2n) is 6.09. The highest BCUT2D eigenvalue weighted by molar-refractivity contribution is 5.90. The van der Waals surface area contributed by atoms with E-state index in [1.165, 1.54) is 12.5 Å². The summed E-state index contributed by atoms with van der Waals surface area (Å²) in [6.07, 6.45) is 1.82. The van der Waals surface area contributed by atoms with Crippen LogP contribution in [-0.2, 0) is 11.3 Å². The predicted octanol–water partition coefficient (Wildman–Crippen LogP) is 3.96. The van der Waals surface area contributed by atoms with Gasteiger partial charge in [-0.15, -0.1) is 0 Å². The van der Waals surface area contributed by atoms with Gasteiger partial charge in [-0.3, -0.25) is 9.89 Å². The molecule has 6 nitrogen and oxygen atoms in total. The summed E-state index contributed by atoms with van der Waals surface area (Å²) >= 11 is 0. The van der Waals surface area contributed by atoms with Crippen LogP contribution in [0.1, 0.15) is 18.1 Å². The van der Waals surface area contributed by atoms with Crippen LogP contribution in [0.3, 0.4) is 0 Å². The molecule has 0 saturated carbocycles. The number of aromatic nitrogens is 2. The van der Waals surface area contributed by atoms with Gasteiger partial charge >= 0.3 is 0 Å². The van der Waals surface area contributed by atoms with E-state index in [4.69, 9.17) is 4.74 Å². The molecule has 134 valence electrons. The van der Waals surface area contributed by atoms with E-state index in [-0.39, 0.29) is 5.91 Å². The average molecular weight is 350 g/mol. The van der Waals surface area contributed by atoms with Crippen LogP contribution in [-0.4, -0.2) is 23.2 Å². The van der Waals surface area contributed by atoms with Crippen molar-refractivity contribution in [2.75, 3.05) is 17.7 Å². The van der Waals surface area contributed by atoms with Crippen molar-refractivity contribution in [1.82, 2.24) is 10.2 Å². The SMILES string of the molecule is COc1cc(NCc2cn[nH]c2-c2ccc(C)cc2)ccc1NC(C)=O. The van der Waals surface area contributed by atoms with Crippen LogP contribution in [0.2, 0.25) is 0 Å². The van der Waals surface area contributed by atoms with E-state index in [1.807, 2.05) is 24.4 Å². The second-order valence-corrected chi connectivity index (χ2v) is 6.09. The van der Waals surface area contributed by atoms with Gasteiger partial charge in [0.15, 0.2) is 0 Å². The van der Waals surface area contributed by atoms with E-state index in [0.717, 1.165) is 22.5 Å². The van der Waals surface area contributed by atoms with Crippen LogP contribution < -0.4 is 15.4 Å². The molecule has 0 fully saturated rings. The Morgan fingerprint density at radius 2 is 1.96 bits per heavy atom. The summed E-state index contributed by atoms with van der Waals surface area (Å²) in [7, 11) is 1.58. The third kappa shape index (κ3) is 4.03. The van der Waals surface area contributed by atoms with Gasteiger partial charge in [0.05, 0.1) is 24.7 Å². The smallest absolute Gasteiger partial charge is 0.221 e. The topological polar surface area (TPSA) is 79.0 Å². The fourth-order valence-corrected chi connectivity index (χ4v) is 2.71. The molecule has 0 unspecified atom stereocenters. The van der Waals surface area contributed by atoms with Crippen molar-refractivity contribution in [1.29, 1.82) is 0 Å².